The molecule has 3 heteroatoms. The molecule has 0 heterocycles. The van der Waals surface area contributed by atoms with E-state index in [0.717, 1.165) is 18.5 Å². The first-order chi connectivity index (χ1) is 15.3. The second-order valence-electron chi connectivity index (χ2n) is 8.96. The minimum atomic E-state index is -0.318. The van der Waals surface area contributed by atoms with Gasteiger partial charge in [-0.25, -0.2) is 4.79 Å². The molecule has 1 aliphatic carbocycles. The van der Waals surface area contributed by atoms with Gasteiger partial charge >= 0.3 is 5.97 Å². The number of carbonyl (C=O) groups excluding carboxylic acids is 1. The molecule has 168 valence electrons. The Morgan fingerprint density at radius 2 is 1.69 bits per heavy atom. The first kappa shape index (κ1) is 23.6. The van der Waals surface area contributed by atoms with Crippen molar-refractivity contribution in [3.8, 4) is 0 Å². The van der Waals surface area contributed by atoms with Crippen molar-refractivity contribution in [3.05, 3.63) is 95.2 Å². The molecule has 2 unspecified atom stereocenters. The van der Waals surface area contributed by atoms with Gasteiger partial charge in [0.15, 0.2) is 0 Å². The van der Waals surface area contributed by atoms with Gasteiger partial charge in [-0.15, -0.1) is 0 Å². The molecule has 0 saturated carbocycles. The predicted molar refractivity (Wildman–Crippen MR) is 134 cm³/mol. The van der Waals surface area contributed by atoms with Crippen molar-refractivity contribution < 1.29 is 9.53 Å². The van der Waals surface area contributed by atoms with E-state index in [1.54, 1.807) is 6.92 Å². The standard InChI is InChI=1S/C29H35NO2/c1-20(2)29(31)32-17-7-8-25-11-15-26(16-12-25)30(27-13-9-21(3)23(5)18-27)28-14-10-22(4)24(6)19-28/h9-16,18-19,21,23H,1,7-8,17H2,2-6H3. The summed E-state index contributed by atoms with van der Waals surface area (Å²) in [5, 5.41) is 0. The Kier molecular flexibility index (Phi) is 7.74. The van der Waals surface area contributed by atoms with Crippen molar-refractivity contribution >= 4 is 17.3 Å². The summed E-state index contributed by atoms with van der Waals surface area (Å²) in [6, 6.07) is 15.4. The maximum absolute atomic E-state index is 11.5. The van der Waals surface area contributed by atoms with E-state index in [1.807, 2.05) is 0 Å². The first-order valence-corrected chi connectivity index (χ1v) is 11.4. The van der Waals surface area contributed by atoms with Gasteiger partial charge in [-0.3, -0.25) is 0 Å². The maximum Gasteiger partial charge on any atom is 0.333 e. The lowest BCUT2D eigenvalue weighted by Gasteiger charge is -2.31. The molecular weight excluding hydrogens is 394 g/mol. The zero-order chi connectivity index (χ0) is 23.3. The van der Waals surface area contributed by atoms with E-state index in [2.05, 4.69) is 99.9 Å². The Labute approximate surface area is 193 Å². The molecule has 0 N–H and O–H groups in total. The van der Waals surface area contributed by atoms with Crippen molar-refractivity contribution in [1.82, 2.24) is 0 Å². The number of carbonyl (C=O) groups is 1. The van der Waals surface area contributed by atoms with E-state index in [1.165, 1.54) is 28.1 Å². The minimum Gasteiger partial charge on any atom is -0.462 e. The zero-order valence-corrected chi connectivity index (χ0v) is 20.0. The SMILES string of the molecule is C=C(C)C(=O)OCCCc1ccc(N(C2=CC(C)C(C)C=C2)c2ccc(C)c(C)c2)cc1. The van der Waals surface area contributed by atoms with Gasteiger partial charge in [-0.05, 0) is 92.5 Å². The molecule has 0 saturated heterocycles. The highest BCUT2D eigenvalue weighted by Crippen LogP contribution is 2.35. The number of anilines is 2. The molecular formula is C29H35NO2. The van der Waals surface area contributed by atoms with E-state index in [4.69, 9.17) is 4.74 Å². The molecule has 0 fully saturated rings. The fraction of sp³-hybridized carbons (Fsp3) is 0.345. The first-order valence-electron chi connectivity index (χ1n) is 11.4. The lowest BCUT2D eigenvalue weighted by molar-refractivity contribution is -0.139. The van der Waals surface area contributed by atoms with Crippen LogP contribution in [-0.2, 0) is 16.0 Å². The Bertz CT molecular complexity index is 1030. The van der Waals surface area contributed by atoms with Gasteiger partial charge in [0.25, 0.3) is 0 Å². The van der Waals surface area contributed by atoms with Crippen molar-refractivity contribution in [3.63, 3.8) is 0 Å². The van der Waals surface area contributed by atoms with Crippen molar-refractivity contribution in [2.24, 2.45) is 11.8 Å². The number of aryl methyl sites for hydroxylation is 3. The highest BCUT2D eigenvalue weighted by molar-refractivity contribution is 5.86. The third-order valence-corrected chi connectivity index (χ3v) is 6.23. The largest absolute Gasteiger partial charge is 0.462 e. The van der Waals surface area contributed by atoms with E-state index < -0.39 is 0 Å². The number of rotatable bonds is 8. The lowest BCUT2D eigenvalue weighted by Crippen LogP contribution is -2.20. The van der Waals surface area contributed by atoms with Crippen LogP contribution in [0.2, 0.25) is 0 Å². The highest BCUT2D eigenvalue weighted by Gasteiger charge is 2.19. The van der Waals surface area contributed by atoms with Crippen LogP contribution in [0.1, 0.15) is 43.9 Å². The van der Waals surface area contributed by atoms with Gasteiger partial charge in [-0.1, -0.05) is 50.8 Å². The van der Waals surface area contributed by atoms with Crippen LogP contribution in [0.4, 0.5) is 11.4 Å². The van der Waals surface area contributed by atoms with Crippen LogP contribution < -0.4 is 4.90 Å². The number of esters is 1. The van der Waals surface area contributed by atoms with Crippen molar-refractivity contribution in [2.45, 2.75) is 47.5 Å². The monoisotopic (exact) mass is 429 g/mol. The second kappa shape index (κ2) is 10.5. The summed E-state index contributed by atoms with van der Waals surface area (Å²) in [6.07, 6.45) is 8.56. The van der Waals surface area contributed by atoms with Crippen molar-refractivity contribution in [1.29, 1.82) is 0 Å². The molecule has 0 aromatic heterocycles. The maximum atomic E-state index is 11.5. The van der Waals surface area contributed by atoms with E-state index >= 15 is 0 Å². The van der Waals surface area contributed by atoms with Crippen LogP contribution in [0.15, 0.2) is 78.5 Å². The van der Waals surface area contributed by atoms with Crippen LogP contribution >= 0.6 is 0 Å². The van der Waals surface area contributed by atoms with E-state index in [0.29, 0.717) is 24.0 Å². The van der Waals surface area contributed by atoms with Gasteiger partial charge in [0, 0.05) is 22.6 Å². The minimum absolute atomic E-state index is 0.318. The average molecular weight is 430 g/mol. The molecule has 0 aliphatic heterocycles. The van der Waals surface area contributed by atoms with E-state index in [9.17, 15) is 4.79 Å². The second-order valence-corrected chi connectivity index (χ2v) is 8.96. The number of nitrogens with zero attached hydrogens (tertiary/aromatic N) is 1. The Morgan fingerprint density at radius 1 is 1.00 bits per heavy atom. The normalized spacial score (nSPS) is 17.6. The molecule has 0 amide bonds. The van der Waals surface area contributed by atoms with Crippen LogP contribution in [0, 0.1) is 25.7 Å². The summed E-state index contributed by atoms with van der Waals surface area (Å²) in [5.74, 6) is 0.716. The number of hydrogen-bond acceptors (Lipinski definition) is 3. The summed E-state index contributed by atoms with van der Waals surface area (Å²) >= 11 is 0. The Hall–Kier alpha value is -3.07. The third kappa shape index (κ3) is 5.79. The number of benzene rings is 2. The number of hydrogen-bond donors (Lipinski definition) is 0. The topological polar surface area (TPSA) is 29.5 Å². The molecule has 3 nitrogen and oxygen atoms in total. The molecule has 0 bridgehead atoms. The van der Waals surface area contributed by atoms with Crippen LogP contribution in [-0.4, -0.2) is 12.6 Å². The molecule has 2 atom stereocenters. The summed E-state index contributed by atoms with van der Waals surface area (Å²) in [4.78, 5) is 13.8. The third-order valence-electron chi connectivity index (χ3n) is 6.23. The molecule has 2 aromatic rings. The van der Waals surface area contributed by atoms with Crippen LogP contribution in [0.3, 0.4) is 0 Å². The van der Waals surface area contributed by atoms with Gasteiger partial charge in [0.05, 0.1) is 6.61 Å². The van der Waals surface area contributed by atoms with Crippen LogP contribution in [0.5, 0.6) is 0 Å². The molecule has 0 radical (unpaired) electrons. The molecule has 2 aromatic carbocycles. The molecule has 0 spiro atoms. The lowest BCUT2D eigenvalue weighted by atomic mass is 9.90. The summed E-state index contributed by atoms with van der Waals surface area (Å²) in [6.45, 7) is 14.5. The quantitative estimate of drug-likeness (QED) is 0.252. The van der Waals surface area contributed by atoms with Gasteiger partial charge in [0.2, 0.25) is 0 Å². The van der Waals surface area contributed by atoms with Crippen LogP contribution in [0.25, 0.3) is 0 Å². The van der Waals surface area contributed by atoms with E-state index in [-0.39, 0.29) is 5.97 Å². The van der Waals surface area contributed by atoms with Gasteiger partial charge in [-0.2, -0.15) is 0 Å². The number of ether oxygens (including phenoxy) is 1. The predicted octanol–water partition coefficient (Wildman–Crippen LogP) is 7.22. The smallest absolute Gasteiger partial charge is 0.333 e. The van der Waals surface area contributed by atoms with Crippen molar-refractivity contribution in [2.75, 3.05) is 11.5 Å². The summed E-state index contributed by atoms with van der Waals surface area (Å²) in [5.41, 5.74) is 7.78. The Balaban J connectivity index is 1.80. The highest BCUT2D eigenvalue weighted by atomic mass is 16.5. The zero-order valence-electron chi connectivity index (χ0n) is 20.0. The Morgan fingerprint density at radius 3 is 2.31 bits per heavy atom. The van der Waals surface area contributed by atoms with Gasteiger partial charge in [0.1, 0.15) is 0 Å². The molecule has 1 aliphatic rings. The summed E-state index contributed by atoms with van der Waals surface area (Å²) in [7, 11) is 0. The average Bonchev–Trinajstić information content (AvgIpc) is 2.77. The fourth-order valence-electron chi connectivity index (χ4n) is 3.74. The van der Waals surface area contributed by atoms with Gasteiger partial charge < -0.3 is 9.64 Å². The number of allylic oxidation sites excluding steroid dienone is 3. The summed E-state index contributed by atoms with van der Waals surface area (Å²) < 4.78 is 5.20. The fourth-order valence-corrected chi connectivity index (χ4v) is 3.74. The molecule has 32 heavy (non-hydrogen) atoms. The molecule has 3 rings (SSSR count).